The lowest BCUT2D eigenvalue weighted by atomic mass is 9.88. The van der Waals surface area contributed by atoms with Crippen LogP contribution in [0.3, 0.4) is 0 Å². The van der Waals surface area contributed by atoms with E-state index in [-0.39, 0.29) is 6.10 Å². The van der Waals surface area contributed by atoms with Crippen molar-refractivity contribution >= 4 is 33.0 Å². The molecule has 0 aliphatic heterocycles. The molecule has 1 N–H and O–H groups in total. The first-order chi connectivity index (χ1) is 13.0. The molecule has 0 spiro atoms. The number of pyridine rings is 2. The number of nitrogens with one attached hydrogen (secondary N) is 1. The molecule has 0 aliphatic carbocycles. The number of hydrogen-bond donors (Lipinski definition) is 2. The van der Waals surface area contributed by atoms with Gasteiger partial charge in [0.05, 0.1) is 17.0 Å². The van der Waals surface area contributed by atoms with Crippen LogP contribution in [0.15, 0.2) is 23.6 Å². The molecular weight excluding hydrogens is 400 g/mol. The Morgan fingerprint density at radius 1 is 1.36 bits per heavy atom. The van der Waals surface area contributed by atoms with Gasteiger partial charge >= 0.3 is 0 Å². The number of rotatable bonds is 8. The van der Waals surface area contributed by atoms with E-state index >= 15 is 0 Å². The first kappa shape index (κ1) is 22.2. The minimum Gasteiger partial charge on any atom is -0.474 e. The zero-order valence-corrected chi connectivity index (χ0v) is 18.3. The fraction of sp³-hybridized carbons (Fsp3) is 0.556. The maximum atomic E-state index is 11.6. The van der Waals surface area contributed by atoms with Crippen LogP contribution in [0.25, 0.3) is 21.2 Å². The molecule has 2 aromatic rings. The second kappa shape index (κ2) is 8.51. The third-order valence-corrected chi connectivity index (χ3v) is 6.37. The molecule has 0 saturated heterocycles. The third-order valence-electron chi connectivity index (χ3n) is 4.89. The summed E-state index contributed by atoms with van der Waals surface area (Å²) in [5.74, 6) is 0.366. The summed E-state index contributed by atoms with van der Waals surface area (Å²) in [4.78, 5) is 11.6. The van der Waals surface area contributed by atoms with Crippen molar-refractivity contribution in [2.45, 2.75) is 63.9 Å². The molecule has 2 rings (SSSR count). The summed E-state index contributed by atoms with van der Waals surface area (Å²) in [5, 5.41) is 5.67. The van der Waals surface area contributed by atoms with Crippen LogP contribution in [0.5, 0.6) is 5.88 Å². The molecule has 0 amide bonds. The highest BCUT2D eigenvalue weighted by molar-refractivity contribution is 7.75. The molecule has 10 heteroatoms. The molecule has 2 heterocycles. The van der Waals surface area contributed by atoms with E-state index in [1.807, 2.05) is 20.8 Å². The fourth-order valence-electron chi connectivity index (χ4n) is 3.04. The van der Waals surface area contributed by atoms with E-state index in [1.54, 1.807) is 32.3 Å². The summed E-state index contributed by atoms with van der Waals surface area (Å²) in [7, 11) is -2.09. The smallest absolute Gasteiger partial charge is 0.223 e. The van der Waals surface area contributed by atoms with Crippen molar-refractivity contribution in [1.82, 2.24) is 9.97 Å². The molecule has 0 fully saturated rings. The molecular formula is C18H25ClN6O2S. The summed E-state index contributed by atoms with van der Waals surface area (Å²) in [6, 6.07) is 1.71. The number of fused-ring (bicyclic) bond motifs is 1. The Bertz CT molecular complexity index is 995. The number of thiol groups is 1. The number of halogens is 1. The van der Waals surface area contributed by atoms with E-state index in [9.17, 15) is 4.21 Å². The highest BCUT2D eigenvalue weighted by Gasteiger charge is 2.28. The Balaban J connectivity index is 2.53. The van der Waals surface area contributed by atoms with Gasteiger partial charge in [-0.2, -0.15) is 0 Å². The standard InChI is InChI=1S/C18H25ClN6O2S/c1-6-18(5,24-25-20)14-10-23-16(13-9-22-15(19)7-12(13)14)27-11(2)8-17(3,4)28(21)26/h7,9-11,21,28H,6,8H2,1-5H3/t11-,18?/m1/s1. The quantitative estimate of drug-likeness (QED) is 0.193. The zero-order chi connectivity index (χ0) is 21.1. The molecule has 0 saturated carbocycles. The molecule has 152 valence electrons. The van der Waals surface area contributed by atoms with Crippen molar-refractivity contribution in [2.75, 3.05) is 0 Å². The van der Waals surface area contributed by atoms with Gasteiger partial charge in [0, 0.05) is 39.1 Å². The Morgan fingerprint density at radius 2 is 2.04 bits per heavy atom. The maximum Gasteiger partial charge on any atom is 0.223 e. The largest absolute Gasteiger partial charge is 0.474 e. The maximum absolute atomic E-state index is 11.6. The van der Waals surface area contributed by atoms with Gasteiger partial charge in [-0.3, -0.25) is 8.99 Å². The molecule has 3 atom stereocenters. The Kier molecular flexibility index (Phi) is 6.75. The van der Waals surface area contributed by atoms with Gasteiger partial charge in [0.1, 0.15) is 5.15 Å². The second-order valence-corrected chi connectivity index (χ2v) is 9.77. The molecule has 0 radical (unpaired) electrons. The first-order valence-corrected chi connectivity index (χ1v) is 10.5. The van der Waals surface area contributed by atoms with Gasteiger partial charge in [-0.25, -0.2) is 9.97 Å². The lowest BCUT2D eigenvalue weighted by Crippen LogP contribution is -2.29. The number of ether oxygens (including phenoxy) is 1. The fourth-order valence-corrected chi connectivity index (χ4v) is 3.62. The van der Waals surface area contributed by atoms with Gasteiger partial charge in [-0.05, 0) is 56.7 Å². The molecule has 2 aromatic heterocycles. The van der Waals surface area contributed by atoms with E-state index in [2.05, 4.69) is 20.0 Å². The lowest BCUT2D eigenvalue weighted by molar-refractivity contribution is 0.193. The highest BCUT2D eigenvalue weighted by Crippen LogP contribution is 2.38. The summed E-state index contributed by atoms with van der Waals surface area (Å²) in [5.41, 5.74) is 8.93. The van der Waals surface area contributed by atoms with E-state index in [0.717, 1.165) is 10.9 Å². The van der Waals surface area contributed by atoms with Crippen molar-refractivity contribution < 1.29 is 8.95 Å². The molecule has 0 bridgehead atoms. The number of nitrogens with zero attached hydrogens (tertiary/aromatic N) is 5. The van der Waals surface area contributed by atoms with Crippen LogP contribution in [0.1, 0.15) is 53.0 Å². The van der Waals surface area contributed by atoms with Crippen molar-refractivity contribution in [3.05, 3.63) is 39.6 Å². The van der Waals surface area contributed by atoms with Crippen LogP contribution in [0, 0.1) is 4.78 Å². The van der Waals surface area contributed by atoms with Gasteiger partial charge in [-0.15, -0.1) is 0 Å². The highest BCUT2D eigenvalue weighted by atomic mass is 35.5. The minimum atomic E-state index is -2.09. The summed E-state index contributed by atoms with van der Waals surface area (Å²) < 4.78 is 24.5. The summed E-state index contributed by atoms with van der Waals surface area (Å²) in [6.07, 6.45) is 3.91. The third kappa shape index (κ3) is 4.66. The lowest BCUT2D eigenvalue weighted by Gasteiger charge is -2.26. The topological polar surface area (TPSA) is 125 Å². The van der Waals surface area contributed by atoms with Crippen molar-refractivity contribution in [3.63, 3.8) is 0 Å². The van der Waals surface area contributed by atoms with Gasteiger partial charge in [0.2, 0.25) is 5.88 Å². The van der Waals surface area contributed by atoms with E-state index in [1.165, 1.54) is 0 Å². The van der Waals surface area contributed by atoms with E-state index in [4.69, 9.17) is 26.6 Å². The van der Waals surface area contributed by atoms with Crippen LogP contribution in [-0.2, 0) is 16.1 Å². The van der Waals surface area contributed by atoms with Crippen LogP contribution in [0.4, 0.5) is 0 Å². The van der Waals surface area contributed by atoms with Gasteiger partial charge in [-0.1, -0.05) is 23.6 Å². The van der Waals surface area contributed by atoms with Crippen molar-refractivity contribution in [2.24, 2.45) is 5.11 Å². The van der Waals surface area contributed by atoms with E-state index in [0.29, 0.717) is 29.3 Å². The second-order valence-electron chi connectivity index (χ2n) is 7.59. The molecule has 0 aliphatic rings. The monoisotopic (exact) mass is 424 g/mol. The normalized spacial score (nSPS) is 16.1. The molecule has 0 aromatic carbocycles. The van der Waals surface area contributed by atoms with Gasteiger partial charge in [0.25, 0.3) is 0 Å². The number of hydrogen-bond acceptors (Lipinski definition) is 6. The number of aromatic nitrogens is 2. The van der Waals surface area contributed by atoms with E-state index < -0.39 is 20.9 Å². The SMILES string of the molecule is CCC(C)(N=[N+]=[N-])c1cnc(O[C@H](C)CC(C)(C)[SH](=N)=O)c2cnc(Cl)cc12. The van der Waals surface area contributed by atoms with Gasteiger partial charge in [0.15, 0.2) is 0 Å². The predicted octanol–water partition coefficient (Wildman–Crippen LogP) is 5.40. The average Bonchev–Trinajstić information content (AvgIpc) is 2.61. The zero-order valence-electron chi connectivity index (χ0n) is 16.6. The average molecular weight is 425 g/mol. The first-order valence-electron chi connectivity index (χ1n) is 8.90. The molecule has 2 unspecified atom stereocenters. The molecule has 8 nitrogen and oxygen atoms in total. The van der Waals surface area contributed by atoms with Crippen LogP contribution < -0.4 is 4.74 Å². The number of azide groups is 1. The van der Waals surface area contributed by atoms with Crippen LogP contribution in [-0.4, -0.2) is 25.0 Å². The summed E-state index contributed by atoms with van der Waals surface area (Å²) in [6.45, 7) is 9.18. The minimum absolute atomic E-state index is 0.311. The predicted molar refractivity (Wildman–Crippen MR) is 112 cm³/mol. The van der Waals surface area contributed by atoms with Crippen LogP contribution >= 0.6 is 11.6 Å². The molecule has 28 heavy (non-hydrogen) atoms. The Labute approximate surface area is 171 Å². The van der Waals surface area contributed by atoms with Crippen molar-refractivity contribution in [1.29, 1.82) is 4.78 Å². The van der Waals surface area contributed by atoms with Crippen LogP contribution in [0.2, 0.25) is 5.15 Å². The van der Waals surface area contributed by atoms with Crippen molar-refractivity contribution in [3.8, 4) is 5.88 Å². The Hall–Kier alpha value is -2.09. The Morgan fingerprint density at radius 3 is 2.61 bits per heavy atom. The summed E-state index contributed by atoms with van der Waals surface area (Å²) >= 11 is 6.11. The van der Waals surface area contributed by atoms with Gasteiger partial charge < -0.3 is 4.74 Å².